The fourth-order valence-electron chi connectivity index (χ4n) is 4.23. The number of amides is 3. The van der Waals surface area contributed by atoms with Gasteiger partial charge in [-0.1, -0.05) is 24.3 Å². The van der Waals surface area contributed by atoms with Crippen molar-refractivity contribution in [1.29, 1.82) is 0 Å². The summed E-state index contributed by atoms with van der Waals surface area (Å²) >= 11 is 3.37. The molecule has 0 radical (unpaired) electrons. The van der Waals surface area contributed by atoms with Crippen molar-refractivity contribution in [3.8, 4) is 0 Å². The number of nitrogens with zero attached hydrogens (tertiary/aromatic N) is 3. The molecule has 4 rings (SSSR count). The van der Waals surface area contributed by atoms with E-state index in [9.17, 15) is 18.8 Å². The highest BCUT2D eigenvalue weighted by molar-refractivity contribution is 9.10. The van der Waals surface area contributed by atoms with Crippen molar-refractivity contribution in [1.82, 2.24) is 25.2 Å². The second-order valence-electron chi connectivity index (χ2n) is 8.78. The molecular weight excluding hydrogens is 555 g/mol. The molecule has 0 saturated heterocycles. The van der Waals surface area contributed by atoms with Gasteiger partial charge in [0, 0.05) is 28.8 Å². The van der Waals surface area contributed by atoms with Crippen LogP contribution in [0.2, 0.25) is 0 Å². The molecule has 2 heterocycles. The molecule has 3 amide bonds. The van der Waals surface area contributed by atoms with Crippen LogP contribution in [0, 0.1) is 19.7 Å². The van der Waals surface area contributed by atoms with E-state index in [2.05, 4.69) is 36.6 Å². The van der Waals surface area contributed by atoms with Crippen LogP contribution in [0.4, 0.5) is 4.39 Å². The van der Waals surface area contributed by atoms with Gasteiger partial charge in [-0.25, -0.2) is 13.9 Å². The number of carbonyl (C=O) groups excluding carboxylic acids is 3. The van der Waals surface area contributed by atoms with Crippen LogP contribution in [0.1, 0.15) is 55.7 Å². The summed E-state index contributed by atoms with van der Waals surface area (Å²) in [6.07, 6.45) is 1.88. The Hall–Kier alpha value is -4.12. The Morgan fingerprint density at radius 1 is 1.08 bits per heavy atom. The lowest BCUT2D eigenvalue weighted by molar-refractivity contribution is -0.121. The number of halogens is 2. The monoisotopic (exact) mass is 580 g/mol. The largest absolute Gasteiger partial charge is 0.365 e. The van der Waals surface area contributed by atoms with Crippen molar-refractivity contribution < 1.29 is 18.8 Å². The third-order valence-electron chi connectivity index (χ3n) is 6.27. The van der Waals surface area contributed by atoms with Gasteiger partial charge in [0.2, 0.25) is 5.91 Å². The highest BCUT2D eigenvalue weighted by Gasteiger charge is 2.20. The molecule has 4 N–H and O–H groups in total. The molecule has 0 aliphatic carbocycles. The number of hydrogen-bond acceptors (Lipinski definition) is 5. The minimum Gasteiger partial charge on any atom is -0.365 e. The quantitative estimate of drug-likeness (QED) is 0.278. The molecule has 2 aromatic carbocycles. The summed E-state index contributed by atoms with van der Waals surface area (Å²) in [5, 5.41) is 10.0. The van der Waals surface area contributed by atoms with E-state index in [0.717, 1.165) is 11.3 Å². The van der Waals surface area contributed by atoms with Crippen molar-refractivity contribution in [2.75, 3.05) is 6.54 Å². The standard InChI is InChI=1S/C27H26BrFN6O3/c1-15-19(16(2)35-26(33-15)21(13-32-35)25(30)37)11-12-24(36)34-23(17-7-9-18(29)10-8-17)14-31-27(38)20-5-3-4-6-22(20)28/h3-10,13,23H,11-12,14H2,1-2H3,(H2,30,37)(H,31,38)(H,34,36). The number of aromatic nitrogens is 3. The third kappa shape index (κ3) is 5.88. The van der Waals surface area contributed by atoms with Gasteiger partial charge in [0.1, 0.15) is 11.4 Å². The molecule has 2 aromatic heterocycles. The Bertz CT molecular complexity index is 1520. The van der Waals surface area contributed by atoms with Gasteiger partial charge in [-0.05, 0) is 71.6 Å². The number of nitrogens with one attached hydrogen (secondary N) is 2. The van der Waals surface area contributed by atoms with E-state index in [1.807, 2.05) is 13.0 Å². The maximum atomic E-state index is 13.5. The van der Waals surface area contributed by atoms with Crippen molar-refractivity contribution >= 4 is 39.3 Å². The van der Waals surface area contributed by atoms with E-state index < -0.39 is 17.8 Å². The van der Waals surface area contributed by atoms with Crippen LogP contribution in [0.15, 0.2) is 59.2 Å². The molecule has 1 atom stereocenters. The summed E-state index contributed by atoms with van der Waals surface area (Å²) < 4.78 is 15.7. The fraction of sp³-hybridized carbons (Fsp3) is 0.222. The van der Waals surface area contributed by atoms with Crippen molar-refractivity contribution in [3.63, 3.8) is 0 Å². The Morgan fingerprint density at radius 2 is 1.79 bits per heavy atom. The topological polar surface area (TPSA) is 131 Å². The number of primary amides is 1. The van der Waals surface area contributed by atoms with Gasteiger partial charge in [-0.2, -0.15) is 5.10 Å². The van der Waals surface area contributed by atoms with Gasteiger partial charge in [0.25, 0.3) is 11.8 Å². The number of nitrogens with two attached hydrogens (primary N) is 1. The lowest BCUT2D eigenvalue weighted by Gasteiger charge is -2.20. The highest BCUT2D eigenvalue weighted by atomic mass is 79.9. The fourth-order valence-corrected chi connectivity index (χ4v) is 4.70. The van der Waals surface area contributed by atoms with E-state index in [0.29, 0.717) is 33.4 Å². The Balaban J connectivity index is 1.48. The molecule has 196 valence electrons. The first-order valence-electron chi connectivity index (χ1n) is 11.9. The van der Waals surface area contributed by atoms with Crippen LogP contribution in [-0.2, 0) is 11.2 Å². The number of benzene rings is 2. The van der Waals surface area contributed by atoms with Crippen LogP contribution in [0.5, 0.6) is 0 Å². The lowest BCUT2D eigenvalue weighted by atomic mass is 10.0. The Morgan fingerprint density at radius 3 is 2.47 bits per heavy atom. The lowest BCUT2D eigenvalue weighted by Crippen LogP contribution is -2.38. The maximum Gasteiger partial charge on any atom is 0.254 e. The van der Waals surface area contributed by atoms with Crippen LogP contribution in [0.3, 0.4) is 0 Å². The molecule has 11 heteroatoms. The molecule has 0 bridgehead atoms. The number of hydrogen-bond donors (Lipinski definition) is 3. The zero-order chi connectivity index (χ0) is 27.4. The van der Waals surface area contributed by atoms with E-state index in [1.165, 1.54) is 18.3 Å². The summed E-state index contributed by atoms with van der Waals surface area (Å²) in [6.45, 7) is 3.74. The van der Waals surface area contributed by atoms with Gasteiger partial charge in [-0.15, -0.1) is 0 Å². The first-order valence-corrected chi connectivity index (χ1v) is 12.7. The second-order valence-corrected chi connectivity index (χ2v) is 9.63. The molecule has 0 aliphatic heterocycles. The number of fused-ring (bicyclic) bond motifs is 1. The van der Waals surface area contributed by atoms with Crippen LogP contribution in [-0.4, -0.2) is 38.9 Å². The highest BCUT2D eigenvalue weighted by Crippen LogP contribution is 2.20. The van der Waals surface area contributed by atoms with Gasteiger partial charge in [0.05, 0.1) is 17.8 Å². The summed E-state index contributed by atoms with van der Waals surface area (Å²) in [4.78, 5) is 41.9. The molecule has 38 heavy (non-hydrogen) atoms. The van der Waals surface area contributed by atoms with Crippen LogP contribution in [0.25, 0.3) is 5.65 Å². The summed E-state index contributed by atoms with van der Waals surface area (Å²) in [7, 11) is 0. The molecular formula is C27H26BrFN6O3. The van der Waals surface area contributed by atoms with Gasteiger partial charge < -0.3 is 16.4 Å². The predicted molar refractivity (Wildman–Crippen MR) is 143 cm³/mol. The minimum atomic E-state index is -0.614. The first-order chi connectivity index (χ1) is 18.2. The Labute approximate surface area is 226 Å². The summed E-state index contributed by atoms with van der Waals surface area (Å²) in [6, 6.07) is 12.2. The van der Waals surface area contributed by atoms with Crippen LogP contribution >= 0.6 is 15.9 Å². The van der Waals surface area contributed by atoms with Gasteiger partial charge >= 0.3 is 0 Å². The number of rotatable bonds is 9. The maximum absolute atomic E-state index is 13.5. The predicted octanol–water partition coefficient (Wildman–Crippen LogP) is 3.57. The van der Waals surface area contributed by atoms with E-state index in [4.69, 9.17) is 5.73 Å². The van der Waals surface area contributed by atoms with E-state index >= 15 is 0 Å². The molecule has 0 aliphatic rings. The first kappa shape index (κ1) is 26.9. The number of aryl methyl sites for hydroxylation is 2. The minimum absolute atomic E-state index is 0.103. The smallest absolute Gasteiger partial charge is 0.254 e. The molecule has 1 unspecified atom stereocenters. The zero-order valence-electron chi connectivity index (χ0n) is 20.8. The van der Waals surface area contributed by atoms with Crippen molar-refractivity contribution in [3.05, 3.63) is 98.7 Å². The Kier molecular flexibility index (Phi) is 8.16. The normalized spacial score (nSPS) is 11.8. The van der Waals surface area contributed by atoms with E-state index in [-0.39, 0.29) is 30.3 Å². The van der Waals surface area contributed by atoms with Crippen molar-refractivity contribution in [2.45, 2.75) is 32.7 Å². The summed E-state index contributed by atoms with van der Waals surface area (Å²) in [5.41, 5.74) is 9.37. The summed E-state index contributed by atoms with van der Waals surface area (Å²) in [5.74, 6) is -1.58. The molecule has 4 aromatic rings. The molecule has 0 spiro atoms. The van der Waals surface area contributed by atoms with E-state index in [1.54, 1.807) is 41.8 Å². The number of carbonyl (C=O) groups is 3. The van der Waals surface area contributed by atoms with Gasteiger partial charge in [0.15, 0.2) is 5.65 Å². The van der Waals surface area contributed by atoms with Crippen molar-refractivity contribution in [2.24, 2.45) is 5.73 Å². The zero-order valence-corrected chi connectivity index (χ0v) is 22.4. The second kappa shape index (κ2) is 11.5. The van der Waals surface area contributed by atoms with Crippen LogP contribution < -0.4 is 16.4 Å². The average molecular weight is 581 g/mol. The molecule has 0 saturated carbocycles. The molecule has 9 nitrogen and oxygen atoms in total. The SMILES string of the molecule is Cc1nc2c(C(N)=O)cnn2c(C)c1CCC(=O)NC(CNC(=O)c1ccccc1Br)c1ccc(F)cc1. The molecule has 0 fully saturated rings. The third-order valence-corrected chi connectivity index (χ3v) is 6.96. The average Bonchev–Trinajstić information content (AvgIpc) is 3.31. The van der Waals surface area contributed by atoms with Gasteiger partial charge in [-0.3, -0.25) is 14.4 Å².